The Morgan fingerprint density at radius 3 is 2.33 bits per heavy atom. The first kappa shape index (κ1) is 14.7. The van der Waals surface area contributed by atoms with E-state index in [0.717, 1.165) is 6.42 Å². The van der Waals surface area contributed by atoms with Gasteiger partial charge >= 0.3 is 0 Å². The Labute approximate surface area is 94.3 Å². The summed E-state index contributed by atoms with van der Waals surface area (Å²) in [6.07, 6.45) is 3.46. The second-order valence-electron chi connectivity index (χ2n) is 4.97. The lowest BCUT2D eigenvalue weighted by Crippen LogP contribution is -2.33. The maximum absolute atomic E-state index is 9.11. The van der Waals surface area contributed by atoms with Gasteiger partial charge in [-0.05, 0) is 39.2 Å². The Balaban J connectivity index is 4.33. The lowest BCUT2D eigenvalue weighted by Gasteiger charge is -2.28. The molecule has 2 atom stereocenters. The van der Waals surface area contributed by atoms with E-state index in [-0.39, 0.29) is 12.7 Å². The largest absolute Gasteiger partial charge is 0.393 e. The summed E-state index contributed by atoms with van der Waals surface area (Å²) in [7, 11) is 0. The fourth-order valence-corrected chi connectivity index (χ4v) is 1.31. The molecule has 2 nitrogen and oxygen atoms in total. The molecule has 15 heavy (non-hydrogen) atoms. The molecule has 90 valence electrons. The molecule has 0 saturated carbocycles. The normalized spacial score (nSPS) is 17.7. The van der Waals surface area contributed by atoms with Gasteiger partial charge in [0, 0.05) is 0 Å². The minimum absolute atomic E-state index is 0.0496. The van der Waals surface area contributed by atoms with Crippen LogP contribution < -0.4 is 0 Å². The Hall–Kier alpha value is -0.340. The Kier molecular flexibility index (Phi) is 6.15. The molecule has 0 rings (SSSR count). The summed E-state index contributed by atoms with van der Waals surface area (Å²) < 4.78 is 5.78. The Morgan fingerprint density at radius 1 is 1.40 bits per heavy atom. The van der Waals surface area contributed by atoms with Crippen molar-refractivity contribution in [1.29, 1.82) is 0 Å². The van der Waals surface area contributed by atoms with Crippen molar-refractivity contribution in [2.45, 2.75) is 59.7 Å². The zero-order valence-corrected chi connectivity index (χ0v) is 11.0. The first-order valence-corrected chi connectivity index (χ1v) is 5.79. The first-order chi connectivity index (χ1) is 6.82. The molecule has 0 aliphatic heterocycles. The van der Waals surface area contributed by atoms with Crippen molar-refractivity contribution in [2.24, 2.45) is 5.92 Å². The minimum Gasteiger partial charge on any atom is -0.393 e. The highest BCUT2D eigenvalue weighted by atomic mass is 16.5. The molecule has 0 aliphatic rings. The molecular formula is C13H26O2. The van der Waals surface area contributed by atoms with Gasteiger partial charge in [0.15, 0.2) is 0 Å². The molecule has 0 bridgehead atoms. The lowest BCUT2D eigenvalue weighted by atomic mass is 10.0. The number of ether oxygens (including phenoxy) is 1. The highest BCUT2D eigenvalue weighted by Crippen LogP contribution is 2.18. The Morgan fingerprint density at radius 2 is 1.93 bits per heavy atom. The number of hydrogen-bond acceptors (Lipinski definition) is 2. The topological polar surface area (TPSA) is 29.5 Å². The van der Waals surface area contributed by atoms with Crippen molar-refractivity contribution in [3.63, 3.8) is 0 Å². The van der Waals surface area contributed by atoms with E-state index in [1.165, 1.54) is 5.57 Å². The van der Waals surface area contributed by atoms with E-state index in [1.54, 1.807) is 0 Å². The molecule has 2 heteroatoms. The Bertz CT molecular complexity index is 207. The van der Waals surface area contributed by atoms with Crippen LogP contribution in [0.5, 0.6) is 0 Å². The molecule has 0 fully saturated rings. The smallest absolute Gasteiger partial charge is 0.0864 e. The maximum atomic E-state index is 9.11. The molecule has 0 saturated heterocycles. The molecular weight excluding hydrogens is 188 g/mol. The average Bonchev–Trinajstić information content (AvgIpc) is 2.16. The van der Waals surface area contributed by atoms with Gasteiger partial charge < -0.3 is 9.84 Å². The highest BCUT2D eigenvalue weighted by Gasteiger charge is 2.21. The van der Waals surface area contributed by atoms with Crippen molar-refractivity contribution in [3.8, 4) is 0 Å². The van der Waals surface area contributed by atoms with Crippen LogP contribution in [0.15, 0.2) is 11.6 Å². The second-order valence-corrected chi connectivity index (χ2v) is 4.97. The van der Waals surface area contributed by atoms with Gasteiger partial charge in [-0.15, -0.1) is 0 Å². The predicted molar refractivity (Wildman–Crippen MR) is 64.9 cm³/mol. The van der Waals surface area contributed by atoms with Crippen LogP contribution in [0.3, 0.4) is 0 Å². The van der Waals surface area contributed by atoms with Gasteiger partial charge in [0.25, 0.3) is 0 Å². The molecule has 1 N–H and O–H groups in total. The predicted octanol–water partition coefficient (Wildman–Crippen LogP) is 3.15. The average molecular weight is 214 g/mol. The summed E-state index contributed by atoms with van der Waals surface area (Å²) in [5.74, 6) is 0.591. The van der Waals surface area contributed by atoms with E-state index < -0.39 is 5.60 Å². The lowest BCUT2D eigenvalue weighted by molar-refractivity contribution is -0.0783. The summed E-state index contributed by atoms with van der Waals surface area (Å²) in [6.45, 7) is 12.4. The zero-order chi connectivity index (χ0) is 12.1. The third-order valence-electron chi connectivity index (χ3n) is 2.71. The SMILES string of the molecule is CCC(C)/C=C(\C)C(C)OC(C)(C)CO. The van der Waals surface area contributed by atoms with Crippen LogP contribution in [-0.4, -0.2) is 23.4 Å². The summed E-state index contributed by atoms with van der Waals surface area (Å²) in [5.41, 5.74) is 0.787. The van der Waals surface area contributed by atoms with E-state index in [2.05, 4.69) is 26.8 Å². The molecule has 0 aliphatic carbocycles. The monoisotopic (exact) mass is 214 g/mol. The fourth-order valence-electron chi connectivity index (χ4n) is 1.31. The molecule has 0 heterocycles. The van der Waals surface area contributed by atoms with Crippen LogP contribution in [-0.2, 0) is 4.74 Å². The summed E-state index contributed by atoms with van der Waals surface area (Å²) in [5, 5.41) is 9.11. The zero-order valence-electron chi connectivity index (χ0n) is 11.0. The number of aliphatic hydroxyl groups excluding tert-OH is 1. The molecule has 0 radical (unpaired) electrons. The van der Waals surface area contributed by atoms with Crippen LogP contribution >= 0.6 is 0 Å². The van der Waals surface area contributed by atoms with Crippen LogP contribution in [0, 0.1) is 5.92 Å². The second kappa shape index (κ2) is 6.29. The molecule has 0 spiro atoms. The van der Waals surface area contributed by atoms with Crippen molar-refractivity contribution < 1.29 is 9.84 Å². The first-order valence-electron chi connectivity index (χ1n) is 5.79. The van der Waals surface area contributed by atoms with Gasteiger partial charge in [0.1, 0.15) is 0 Å². The van der Waals surface area contributed by atoms with Crippen molar-refractivity contribution in [2.75, 3.05) is 6.61 Å². The van der Waals surface area contributed by atoms with Gasteiger partial charge in [-0.25, -0.2) is 0 Å². The molecule has 2 unspecified atom stereocenters. The summed E-state index contributed by atoms with van der Waals surface area (Å²) in [4.78, 5) is 0. The van der Waals surface area contributed by atoms with Crippen molar-refractivity contribution in [3.05, 3.63) is 11.6 Å². The summed E-state index contributed by atoms with van der Waals surface area (Å²) >= 11 is 0. The van der Waals surface area contributed by atoms with E-state index in [4.69, 9.17) is 9.84 Å². The number of hydrogen-bond donors (Lipinski definition) is 1. The third-order valence-corrected chi connectivity index (χ3v) is 2.71. The molecule has 0 aromatic heterocycles. The summed E-state index contributed by atoms with van der Waals surface area (Å²) in [6, 6.07) is 0. The van der Waals surface area contributed by atoms with E-state index in [0.29, 0.717) is 5.92 Å². The quantitative estimate of drug-likeness (QED) is 0.688. The van der Waals surface area contributed by atoms with Gasteiger partial charge in [-0.1, -0.05) is 26.3 Å². The number of aliphatic hydroxyl groups is 1. The van der Waals surface area contributed by atoms with Crippen molar-refractivity contribution in [1.82, 2.24) is 0 Å². The minimum atomic E-state index is -0.454. The molecule has 0 aromatic carbocycles. The number of allylic oxidation sites excluding steroid dienone is 1. The molecule has 0 amide bonds. The molecule has 0 aromatic rings. The van der Waals surface area contributed by atoms with Gasteiger partial charge in [-0.2, -0.15) is 0 Å². The third kappa shape index (κ3) is 5.95. The number of rotatable bonds is 6. The van der Waals surface area contributed by atoms with Crippen LogP contribution in [0.2, 0.25) is 0 Å². The highest BCUT2D eigenvalue weighted by molar-refractivity contribution is 5.05. The van der Waals surface area contributed by atoms with E-state index in [9.17, 15) is 0 Å². The van der Waals surface area contributed by atoms with Crippen LogP contribution in [0.4, 0.5) is 0 Å². The van der Waals surface area contributed by atoms with Gasteiger partial charge in [0.2, 0.25) is 0 Å². The van der Waals surface area contributed by atoms with Crippen LogP contribution in [0.1, 0.15) is 48.0 Å². The fraction of sp³-hybridized carbons (Fsp3) is 0.846. The van der Waals surface area contributed by atoms with Gasteiger partial charge in [0.05, 0.1) is 18.3 Å². The van der Waals surface area contributed by atoms with E-state index >= 15 is 0 Å². The van der Waals surface area contributed by atoms with Crippen LogP contribution in [0.25, 0.3) is 0 Å². The van der Waals surface area contributed by atoms with Gasteiger partial charge in [-0.3, -0.25) is 0 Å². The standard InChI is InChI=1S/C13H26O2/c1-7-10(2)8-11(3)12(4)15-13(5,6)9-14/h8,10,12,14H,7,9H2,1-6H3/b11-8+. The maximum Gasteiger partial charge on any atom is 0.0864 e. The van der Waals surface area contributed by atoms with Crippen molar-refractivity contribution >= 4 is 0 Å². The van der Waals surface area contributed by atoms with E-state index in [1.807, 2.05) is 20.8 Å².